The van der Waals surface area contributed by atoms with Crippen LogP contribution in [0.2, 0.25) is 0 Å². The fourth-order valence-corrected chi connectivity index (χ4v) is 1.94. The largest absolute Gasteiger partial charge is 0.350 e. The number of carbonyl (C=O) groups excluding carboxylic acids is 1. The number of benzene rings is 1. The fraction of sp³-hybridized carbons (Fsp3) is 0.286. The molecule has 2 aromatic rings. The smallest absolute Gasteiger partial charge is 0.256 e. The molecule has 4 nitrogen and oxygen atoms in total. The van der Waals surface area contributed by atoms with Gasteiger partial charge in [-0.05, 0) is 26.0 Å². The number of hydrogen-bond donors (Lipinski definition) is 1. The minimum absolute atomic E-state index is 0.00803. The zero-order valence-electron chi connectivity index (χ0n) is 10.7. The Morgan fingerprint density at radius 3 is 2.61 bits per heavy atom. The molecule has 0 atom stereocenters. The van der Waals surface area contributed by atoms with E-state index in [1.807, 2.05) is 33.0 Å². The number of para-hydroxylation sites is 1. The molecular formula is C14H16N2O2. The van der Waals surface area contributed by atoms with Crippen LogP contribution in [-0.4, -0.2) is 16.5 Å². The topological polar surface area (TPSA) is 51.1 Å². The number of carbonyl (C=O) groups is 1. The van der Waals surface area contributed by atoms with Crippen LogP contribution in [0.1, 0.15) is 24.2 Å². The Morgan fingerprint density at radius 1 is 1.28 bits per heavy atom. The molecule has 0 bridgehead atoms. The molecule has 1 aromatic carbocycles. The maximum Gasteiger partial charge on any atom is 0.256 e. The molecule has 0 aliphatic carbocycles. The van der Waals surface area contributed by atoms with Crippen LogP contribution in [0.4, 0.5) is 0 Å². The van der Waals surface area contributed by atoms with Crippen molar-refractivity contribution in [2.75, 3.05) is 0 Å². The van der Waals surface area contributed by atoms with Crippen molar-refractivity contribution in [1.82, 2.24) is 9.88 Å². The lowest BCUT2D eigenvalue weighted by Gasteiger charge is -2.11. The summed E-state index contributed by atoms with van der Waals surface area (Å²) in [4.78, 5) is 24.2. The lowest BCUT2D eigenvalue weighted by atomic mass is 10.1. The number of fused-ring (bicyclic) bond motifs is 1. The van der Waals surface area contributed by atoms with Crippen molar-refractivity contribution in [3.8, 4) is 0 Å². The molecule has 0 unspecified atom stereocenters. The molecule has 0 fully saturated rings. The van der Waals surface area contributed by atoms with Gasteiger partial charge in [0.15, 0.2) is 0 Å². The fourth-order valence-electron chi connectivity index (χ4n) is 1.94. The highest BCUT2D eigenvalue weighted by Gasteiger charge is 2.14. The lowest BCUT2D eigenvalue weighted by molar-refractivity contribution is 0.0941. The molecule has 94 valence electrons. The second kappa shape index (κ2) is 4.64. The van der Waals surface area contributed by atoms with Gasteiger partial charge < -0.3 is 9.88 Å². The van der Waals surface area contributed by atoms with Gasteiger partial charge in [-0.2, -0.15) is 0 Å². The summed E-state index contributed by atoms with van der Waals surface area (Å²) in [6, 6.07) is 7.28. The Morgan fingerprint density at radius 2 is 1.94 bits per heavy atom. The summed E-state index contributed by atoms with van der Waals surface area (Å²) in [5.74, 6) is -0.323. The molecule has 0 aliphatic rings. The third kappa shape index (κ3) is 2.14. The first-order valence-electron chi connectivity index (χ1n) is 5.90. The van der Waals surface area contributed by atoms with E-state index in [2.05, 4.69) is 5.32 Å². The standard InChI is InChI=1S/C14H16N2O2/c1-9(2)15-14(18)11-8-16(3)12-7-5-4-6-10(12)13(11)17/h4-9H,1-3H3,(H,15,18). The van der Waals surface area contributed by atoms with Crippen LogP contribution in [-0.2, 0) is 7.05 Å². The molecule has 1 N–H and O–H groups in total. The highest BCUT2D eigenvalue weighted by molar-refractivity contribution is 5.97. The van der Waals surface area contributed by atoms with Gasteiger partial charge in [-0.15, -0.1) is 0 Å². The maximum atomic E-state index is 12.2. The number of rotatable bonds is 2. The third-order valence-electron chi connectivity index (χ3n) is 2.76. The van der Waals surface area contributed by atoms with Gasteiger partial charge in [0.1, 0.15) is 5.56 Å². The predicted octanol–water partition coefficient (Wildman–Crippen LogP) is 1.68. The van der Waals surface area contributed by atoms with Gasteiger partial charge in [0.05, 0.1) is 5.52 Å². The quantitative estimate of drug-likeness (QED) is 0.873. The summed E-state index contributed by atoms with van der Waals surface area (Å²) in [5, 5.41) is 3.31. The third-order valence-corrected chi connectivity index (χ3v) is 2.76. The Hall–Kier alpha value is -2.10. The molecule has 18 heavy (non-hydrogen) atoms. The van der Waals surface area contributed by atoms with Gasteiger partial charge in [0.2, 0.25) is 5.43 Å². The number of hydrogen-bond acceptors (Lipinski definition) is 2. The van der Waals surface area contributed by atoms with Crippen LogP contribution >= 0.6 is 0 Å². The molecule has 1 aromatic heterocycles. The molecule has 0 aliphatic heterocycles. The van der Waals surface area contributed by atoms with Crippen LogP contribution in [0.15, 0.2) is 35.3 Å². The van der Waals surface area contributed by atoms with E-state index >= 15 is 0 Å². The SMILES string of the molecule is CC(C)NC(=O)c1cn(C)c2ccccc2c1=O. The summed E-state index contributed by atoms with van der Waals surface area (Å²) >= 11 is 0. The van der Waals surface area contributed by atoms with Crippen molar-refractivity contribution in [1.29, 1.82) is 0 Å². The molecule has 0 radical (unpaired) electrons. The van der Waals surface area contributed by atoms with Crippen molar-refractivity contribution >= 4 is 16.8 Å². The van der Waals surface area contributed by atoms with Gasteiger partial charge in [-0.25, -0.2) is 0 Å². The number of aromatic nitrogens is 1. The first kappa shape index (κ1) is 12.4. The van der Waals surface area contributed by atoms with Crippen molar-refractivity contribution in [3.63, 3.8) is 0 Å². The molecule has 2 rings (SSSR count). The van der Waals surface area contributed by atoms with Gasteiger partial charge in [0.25, 0.3) is 5.91 Å². The highest BCUT2D eigenvalue weighted by atomic mass is 16.2. The summed E-state index contributed by atoms with van der Waals surface area (Å²) in [6.07, 6.45) is 1.59. The minimum atomic E-state index is -0.323. The Bertz CT molecular complexity index is 656. The monoisotopic (exact) mass is 244 g/mol. The summed E-state index contributed by atoms with van der Waals surface area (Å²) < 4.78 is 1.80. The molecule has 1 amide bonds. The first-order chi connectivity index (χ1) is 8.50. The second-order valence-electron chi connectivity index (χ2n) is 4.63. The van der Waals surface area contributed by atoms with Gasteiger partial charge in [0, 0.05) is 24.7 Å². The summed E-state index contributed by atoms with van der Waals surface area (Å²) in [5.41, 5.74) is 0.787. The van der Waals surface area contributed by atoms with E-state index in [0.717, 1.165) is 5.52 Å². The van der Waals surface area contributed by atoms with Crippen molar-refractivity contribution in [3.05, 3.63) is 46.2 Å². The lowest BCUT2D eigenvalue weighted by Crippen LogP contribution is -2.34. The average Bonchev–Trinajstić information content (AvgIpc) is 2.33. The Balaban J connectivity index is 2.63. The van der Waals surface area contributed by atoms with Crippen molar-refractivity contribution in [2.45, 2.75) is 19.9 Å². The predicted molar refractivity (Wildman–Crippen MR) is 71.8 cm³/mol. The number of nitrogens with zero attached hydrogens (tertiary/aromatic N) is 1. The van der Waals surface area contributed by atoms with E-state index in [1.54, 1.807) is 22.9 Å². The number of amides is 1. The summed E-state index contributed by atoms with van der Waals surface area (Å²) in [6.45, 7) is 3.73. The van der Waals surface area contributed by atoms with Crippen LogP contribution in [0.3, 0.4) is 0 Å². The maximum absolute atomic E-state index is 12.2. The molecule has 1 heterocycles. The van der Waals surface area contributed by atoms with Crippen LogP contribution < -0.4 is 10.7 Å². The normalized spacial score (nSPS) is 10.9. The van der Waals surface area contributed by atoms with Crippen LogP contribution in [0.25, 0.3) is 10.9 Å². The van der Waals surface area contributed by atoms with E-state index in [9.17, 15) is 9.59 Å². The van der Waals surface area contributed by atoms with Gasteiger partial charge in [-0.3, -0.25) is 9.59 Å². The molecule has 0 spiro atoms. The summed E-state index contributed by atoms with van der Waals surface area (Å²) in [7, 11) is 1.83. The Labute approximate surface area is 105 Å². The van der Waals surface area contributed by atoms with Crippen LogP contribution in [0.5, 0.6) is 0 Å². The van der Waals surface area contributed by atoms with E-state index in [1.165, 1.54) is 0 Å². The van der Waals surface area contributed by atoms with E-state index in [-0.39, 0.29) is 22.9 Å². The number of pyridine rings is 1. The average molecular weight is 244 g/mol. The number of nitrogens with one attached hydrogen (secondary N) is 1. The highest BCUT2D eigenvalue weighted by Crippen LogP contribution is 2.10. The molecular weight excluding hydrogens is 228 g/mol. The second-order valence-corrected chi connectivity index (χ2v) is 4.63. The zero-order valence-corrected chi connectivity index (χ0v) is 10.7. The van der Waals surface area contributed by atoms with Gasteiger partial charge in [-0.1, -0.05) is 12.1 Å². The van der Waals surface area contributed by atoms with Crippen molar-refractivity contribution < 1.29 is 4.79 Å². The molecule has 4 heteroatoms. The molecule has 0 saturated carbocycles. The zero-order chi connectivity index (χ0) is 13.3. The van der Waals surface area contributed by atoms with Crippen molar-refractivity contribution in [2.24, 2.45) is 7.05 Å². The number of aryl methyl sites for hydroxylation is 1. The van der Waals surface area contributed by atoms with Crippen LogP contribution in [0, 0.1) is 0 Å². The van der Waals surface area contributed by atoms with E-state index in [0.29, 0.717) is 5.39 Å². The van der Waals surface area contributed by atoms with Gasteiger partial charge >= 0.3 is 0 Å². The van der Waals surface area contributed by atoms with E-state index < -0.39 is 0 Å². The Kier molecular flexibility index (Phi) is 3.19. The minimum Gasteiger partial charge on any atom is -0.350 e. The van der Waals surface area contributed by atoms with E-state index in [4.69, 9.17) is 0 Å². The first-order valence-corrected chi connectivity index (χ1v) is 5.90. The molecule has 0 saturated heterocycles.